The average Bonchev–Trinajstić information content (AvgIpc) is 3.06. The molecule has 124 valence electrons. The molecule has 0 aliphatic carbocycles. The number of hydrogen-bond donors (Lipinski definition) is 1. The number of likely N-dealkylation sites (tertiary alicyclic amines) is 1. The minimum atomic E-state index is -0.990. The van der Waals surface area contributed by atoms with Crippen LogP contribution in [0.5, 0.6) is 5.75 Å². The number of carbonyl (C=O) groups excluding carboxylic acids is 1. The van der Waals surface area contributed by atoms with Crippen LogP contribution in [0.25, 0.3) is 0 Å². The molecule has 2 heterocycles. The largest absolute Gasteiger partial charge is 0.490 e. The molecular formula is C17H21NO5. The van der Waals surface area contributed by atoms with Gasteiger partial charge in [-0.1, -0.05) is 18.2 Å². The molecule has 2 saturated heterocycles. The Balaban J connectivity index is 1.47. The first-order chi connectivity index (χ1) is 11.1. The van der Waals surface area contributed by atoms with Gasteiger partial charge in [0.05, 0.1) is 0 Å². The third kappa shape index (κ3) is 3.82. The highest BCUT2D eigenvalue weighted by atomic mass is 16.5. The minimum absolute atomic E-state index is 0.0908. The second-order valence-corrected chi connectivity index (χ2v) is 5.98. The summed E-state index contributed by atoms with van der Waals surface area (Å²) in [5.41, 5.74) is 0. The predicted molar refractivity (Wildman–Crippen MR) is 82.2 cm³/mol. The molecule has 1 N–H and O–H groups in total. The number of aliphatic carboxylic acids is 1. The van der Waals surface area contributed by atoms with Crippen LogP contribution >= 0.6 is 0 Å². The lowest BCUT2D eigenvalue weighted by Crippen LogP contribution is -2.46. The zero-order valence-corrected chi connectivity index (χ0v) is 12.9. The zero-order valence-electron chi connectivity index (χ0n) is 12.9. The van der Waals surface area contributed by atoms with E-state index in [1.54, 1.807) is 4.90 Å². The Bertz CT molecular complexity index is 553. The Morgan fingerprint density at radius 2 is 1.70 bits per heavy atom. The van der Waals surface area contributed by atoms with Crippen LogP contribution in [0.3, 0.4) is 0 Å². The molecule has 0 spiro atoms. The van der Waals surface area contributed by atoms with Gasteiger partial charge in [0.25, 0.3) is 5.91 Å². The molecule has 6 nitrogen and oxygen atoms in total. The maximum atomic E-state index is 12.4. The van der Waals surface area contributed by atoms with Gasteiger partial charge in [-0.05, 0) is 25.0 Å². The fraction of sp³-hybridized carbons (Fsp3) is 0.529. The Hall–Kier alpha value is -2.08. The van der Waals surface area contributed by atoms with Crippen LogP contribution < -0.4 is 4.74 Å². The van der Waals surface area contributed by atoms with E-state index in [0.29, 0.717) is 25.9 Å². The van der Waals surface area contributed by atoms with Gasteiger partial charge in [-0.3, -0.25) is 4.79 Å². The van der Waals surface area contributed by atoms with Crippen LogP contribution in [-0.2, 0) is 14.3 Å². The molecule has 0 aromatic heterocycles. The number of benzene rings is 1. The maximum absolute atomic E-state index is 12.4. The average molecular weight is 319 g/mol. The number of carboxylic acid groups (broad SMARTS) is 1. The number of rotatable bonds is 4. The lowest BCUT2D eigenvalue weighted by molar-refractivity contribution is -0.155. The number of ether oxygens (including phenoxy) is 2. The van der Waals surface area contributed by atoms with E-state index in [1.807, 2.05) is 30.3 Å². The summed E-state index contributed by atoms with van der Waals surface area (Å²) in [6, 6.07) is 9.67. The number of carbonyl (C=O) groups is 2. The van der Waals surface area contributed by atoms with Crippen molar-refractivity contribution < 1.29 is 24.2 Å². The number of amides is 1. The maximum Gasteiger partial charge on any atom is 0.332 e. The summed E-state index contributed by atoms with van der Waals surface area (Å²) < 4.78 is 11.2. The topological polar surface area (TPSA) is 76.1 Å². The number of hydrogen-bond acceptors (Lipinski definition) is 4. The van der Waals surface area contributed by atoms with Gasteiger partial charge in [0.15, 0.2) is 6.10 Å². The summed E-state index contributed by atoms with van der Waals surface area (Å²) in [5, 5.41) is 8.93. The van der Waals surface area contributed by atoms with Gasteiger partial charge in [-0.2, -0.15) is 0 Å². The van der Waals surface area contributed by atoms with Gasteiger partial charge < -0.3 is 19.5 Å². The fourth-order valence-electron chi connectivity index (χ4n) is 3.09. The minimum Gasteiger partial charge on any atom is -0.490 e. The first-order valence-electron chi connectivity index (χ1n) is 8.02. The Morgan fingerprint density at radius 3 is 2.30 bits per heavy atom. The Kier molecular flexibility index (Phi) is 4.81. The molecule has 0 bridgehead atoms. The molecule has 3 rings (SSSR count). The number of piperidine rings is 1. The van der Waals surface area contributed by atoms with Crippen LogP contribution in [0, 0.1) is 0 Å². The molecule has 2 aliphatic rings. The van der Waals surface area contributed by atoms with Crippen molar-refractivity contribution in [3.63, 3.8) is 0 Å². The summed E-state index contributed by atoms with van der Waals surface area (Å²) in [5.74, 6) is -0.233. The van der Waals surface area contributed by atoms with Gasteiger partial charge in [0.2, 0.25) is 0 Å². The van der Waals surface area contributed by atoms with Crippen LogP contribution in [0.4, 0.5) is 0 Å². The third-order valence-electron chi connectivity index (χ3n) is 4.37. The second kappa shape index (κ2) is 7.00. The van der Waals surface area contributed by atoms with Crippen molar-refractivity contribution in [2.24, 2.45) is 0 Å². The van der Waals surface area contributed by atoms with Gasteiger partial charge in [-0.25, -0.2) is 4.79 Å². The van der Waals surface area contributed by atoms with Gasteiger partial charge in [0.1, 0.15) is 18.0 Å². The van der Waals surface area contributed by atoms with Gasteiger partial charge in [-0.15, -0.1) is 0 Å². The van der Waals surface area contributed by atoms with Crippen molar-refractivity contribution >= 4 is 11.9 Å². The number of carboxylic acids is 1. The number of nitrogens with zero attached hydrogens (tertiary/aromatic N) is 1. The van der Waals surface area contributed by atoms with Crippen molar-refractivity contribution in [1.82, 2.24) is 4.90 Å². The van der Waals surface area contributed by atoms with E-state index in [2.05, 4.69) is 0 Å². The van der Waals surface area contributed by atoms with Crippen molar-refractivity contribution in [3.05, 3.63) is 30.3 Å². The first-order valence-corrected chi connectivity index (χ1v) is 8.02. The van der Waals surface area contributed by atoms with Crippen molar-refractivity contribution in [1.29, 1.82) is 0 Å². The summed E-state index contributed by atoms with van der Waals surface area (Å²) in [6.07, 6.45) is 1.09. The van der Waals surface area contributed by atoms with Crippen LogP contribution in [0.15, 0.2) is 30.3 Å². The highest BCUT2D eigenvalue weighted by molar-refractivity contribution is 5.82. The lowest BCUT2D eigenvalue weighted by atomic mass is 10.1. The summed E-state index contributed by atoms with van der Waals surface area (Å²) in [6.45, 7) is 1.24. The first kappa shape index (κ1) is 15.8. The monoisotopic (exact) mass is 319 g/mol. The smallest absolute Gasteiger partial charge is 0.332 e. The fourth-order valence-corrected chi connectivity index (χ4v) is 3.09. The van der Waals surface area contributed by atoms with Crippen molar-refractivity contribution in [2.75, 3.05) is 13.1 Å². The van der Waals surface area contributed by atoms with E-state index in [0.717, 1.165) is 18.6 Å². The van der Waals surface area contributed by atoms with Crippen LogP contribution in [0.2, 0.25) is 0 Å². The van der Waals surface area contributed by atoms with E-state index >= 15 is 0 Å². The van der Waals surface area contributed by atoms with E-state index in [1.165, 1.54) is 0 Å². The zero-order chi connectivity index (χ0) is 16.2. The van der Waals surface area contributed by atoms with E-state index in [4.69, 9.17) is 14.6 Å². The van der Waals surface area contributed by atoms with E-state index in [9.17, 15) is 9.59 Å². The highest BCUT2D eigenvalue weighted by Crippen LogP contribution is 2.24. The standard InChI is InChI=1S/C17H21NO5/c19-16(14-6-7-15(23-14)17(20)21)18-10-8-13(9-11-18)22-12-4-2-1-3-5-12/h1-5,13-15H,6-11H2,(H,20,21)/t14-,15+/m0/s1. The van der Waals surface area contributed by atoms with Gasteiger partial charge in [0, 0.05) is 25.9 Å². The highest BCUT2D eigenvalue weighted by Gasteiger charge is 2.37. The van der Waals surface area contributed by atoms with Crippen molar-refractivity contribution in [2.45, 2.75) is 44.0 Å². The van der Waals surface area contributed by atoms with Crippen molar-refractivity contribution in [3.8, 4) is 5.75 Å². The molecule has 1 amide bonds. The molecule has 2 fully saturated rings. The van der Waals surface area contributed by atoms with Crippen LogP contribution in [0.1, 0.15) is 25.7 Å². The number of para-hydroxylation sites is 1. The molecule has 2 aliphatic heterocycles. The molecule has 0 unspecified atom stereocenters. The molecule has 0 saturated carbocycles. The Morgan fingerprint density at radius 1 is 1.04 bits per heavy atom. The molecule has 1 aromatic rings. The quantitative estimate of drug-likeness (QED) is 0.914. The third-order valence-corrected chi connectivity index (χ3v) is 4.37. The normalized spacial score (nSPS) is 25.3. The van der Waals surface area contributed by atoms with E-state index in [-0.39, 0.29) is 12.0 Å². The predicted octanol–water partition coefficient (Wildman–Crippen LogP) is 1.69. The molecule has 6 heteroatoms. The summed E-state index contributed by atoms with van der Waals surface area (Å²) >= 11 is 0. The molecule has 2 atom stereocenters. The lowest BCUT2D eigenvalue weighted by Gasteiger charge is -2.33. The van der Waals surface area contributed by atoms with Crippen LogP contribution in [-0.4, -0.2) is 53.3 Å². The summed E-state index contributed by atoms with van der Waals surface area (Å²) in [4.78, 5) is 25.1. The molecular weight excluding hydrogens is 298 g/mol. The summed E-state index contributed by atoms with van der Waals surface area (Å²) in [7, 11) is 0. The molecule has 0 radical (unpaired) electrons. The van der Waals surface area contributed by atoms with E-state index < -0.39 is 18.2 Å². The Labute approximate surface area is 135 Å². The molecule has 1 aromatic carbocycles. The second-order valence-electron chi connectivity index (χ2n) is 5.98. The van der Waals surface area contributed by atoms with Gasteiger partial charge >= 0.3 is 5.97 Å². The SMILES string of the molecule is O=C(O)[C@H]1CC[C@@H](C(=O)N2CCC(Oc3ccccc3)CC2)O1. The molecule has 23 heavy (non-hydrogen) atoms.